The molecule has 0 saturated carbocycles. The van der Waals surface area contributed by atoms with Crippen LogP contribution in [-0.2, 0) is 30.3 Å². The molecule has 0 aromatic heterocycles. The molecule has 8 nitrogen and oxygen atoms in total. The number of unbranched alkanes of at least 4 members (excludes halogenated alkanes) is 2. The van der Waals surface area contributed by atoms with Crippen LogP contribution in [-0.4, -0.2) is 48.3 Å². The van der Waals surface area contributed by atoms with Crippen molar-refractivity contribution in [3.8, 4) is 5.75 Å². The first kappa shape index (κ1) is 28.7. The third-order valence-corrected chi connectivity index (χ3v) is 5.58. The molecule has 0 bridgehead atoms. The third kappa shape index (κ3) is 7.34. The van der Waals surface area contributed by atoms with E-state index in [1.165, 1.54) is 4.90 Å². The van der Waals surface area contributed by atoms with E-state index in [0.717, 1.165) is 24.8 Å². The number of nitrogens with zero attached hydrogens (tertiary/aromatic N) is 1. The Kier molecular flexibility index (Phi) is 9.88. The predicted octanol–water partition coefficient (Wildman–Crippen LogP) is 3.80. The van der Waals surface area contributed by atoms with Crippen molar-refractivity contribution in [2.45, 2.75) is 38.5 Å². The van der Waals surface area contributed by atoms with Gasteiger partial charge in [0.25, 0.3) is 0 Å². The minimum atomic E-state index is -2.40. The first-order valence-corrected chi connectivity index (χ1v) is 11.6. The molecule has 13 heteroatoms. The summed E-state index contributed by atoms with van der Waals surface area (Å²) in [5.74, 6) is -15.8. The van der Waals surface area contributed by atoms with Gasteiger partial charge in [-0.15, -0.1) is 0 Å². The summed E-state index contributed by atoms with van der Waals surface area (Å²) in [5, 5.41) is 2.50. The number of esters is 1. The number of amides is 3. The van der Waals surface area contributed by atoms with Crippen LogP contribution in [0.15, 0.2) is 24.3 Å². The fraction of sp³-hybridized carbons (Fsp3) is 0.360. The fourth-order valence-electron chi connectivity index (χ4n) is 3.49. The summed E-state index contributed by atoms with van der Waals surface area (Å²) in [6, 6.07) is 6.87. The maximum absolute atomic E-state index is 13.5. The molecule has 38 heavy (non-hydrogen) atoms. The SMILES string of the molecule is O=C(COCC(=O)Oc1c(F)c(F)c(F)c(F)c1F)Nc1ccc(CCCCCC(=O)N2CCC2=O)cc1. The zero-order valence-corrected chi connectivity index (χ0v) is 20.0. The molecule has 2 aromatic carbocycles. The molecule has 0 aliphatic carbocycles. The minimum Gasteiger partial charge on any atom is -0.418 e. The number of halogens is 5. The second kappa shape index (κ2) is 13.1. The summed E-state index contributed by atoms with van der Waals surface area (Å²) in [4.78, 5) is 47.9. The standard InChI is InChI=1S/C25H23F5N2O6/c26-20-21(27)23(29)25(24(30)22(20)28)38-19(36)13-37-12-16(33)31-15-8-6-14(7-9-15)4-2-1-3-5-17(34)32-11-10-18(32)35/h6-9H,1-5,10-13H2,(H,31,33). The number of ether oxygens (including phenoxy) is 2. The van der Waals surface area contributed by atoms with Gasteiger partial charge in [-0.3, -0.25) is 19.3 Å². The molecule has 1 N–H and O–H groups in total. The molecular formula is C25H23F5N2O6. The Morgan fingerprint density at radius 3 is 2.05 bits per heavy atom. The van der Waals surface area contributed by atoms with Gasteiger partial charge in [-0.25, -0.2) is 18.0 Å². The summed E-state index contributed by atoms with van der Waals surface area (Å²) in [7, 11) is 0. The minimum absolute atomic E-state index is 0.123. The number of aryl methyl sites for hydroxylation is 1. The number of hydrogen-bond acceptors (Lipinski definition) is 6. The van der Waals surface area contributed by atoms with Gasteiger partial charge in [0.05, 0.1) is 0 Å². The number of nitrogens with one attached hydrogen (secondary N) is 1. The number of likely N-dealkylation sites (tertiary alicyclic amines) is 1. The molecule has 1 fully saturated rings. The van der Waals surface area contributed by atoms with Gasteiger partial charge in [-0.05, 0) is 37.0 Å². The fourth-order valence-corrected chi connectivity index (χ4v) is 3.49. The van der Waals surface area contributed by atoms with Gasteiger partial charge in [0.15, 0.2) is 0 Å². The van der Waals surface area contributed by atoms with E-state index in [0.29, 0.717) is 31.5 Å². The van der Waals surface area contributed by atoms with Crippen LogP contribution in [0.5, 0.6) is 5.75 Å². The molecule has 1 aliphatic rings. The van der Waals surface area contributed by atoms with Gasteiger partial charge in [0, 0.05) is 25.1 Å². The zero-order valence-electron chi connectivity index (χ0n) is 20.0. The smallest absolute Gasteiger partial charge is 0.337 e. The molecule has 0 unspecified atom stereocenters. The molecule has 204 valence electrons. The van der Waals surface area contributed by atoms with E-state index in [2.05, 4.69) is 10.1 Å². The number of benzene rings is 2. The average molecular weight is 542 g/mol. The summed E-state index contributed by atoms with van der Waals surface area (Å²) in [6.07, 6.45) is 3.86. The van der Waals surface area contributed by atoms with Crippen molar-refractivity contribution in [3.05, 3.63) is 58.9 Å². The first-order chi connectivity index (χ1) is 18.1. The van der Waals surface area contributed by atoms with Crippen molar-refractivity contribution < 1.29 is 50.6 Å². The molecule has 0 atom stereocenters. The lowest BCUT2D eigenvalue weighted by Gasteiger charge is -2.28. The van der Waals surface area contributed by atoms with E-state index in [4.69, 9.17) is 4.74 Å². The highest BCUT2D eigenvalue weighted by molar-refractivity contribution is 5.99. The summed E-state index contributed by atoms with van der Waals surface area (Å²) < 4.78 is 75.3. The van der Waals surface area contributed by atoms with Gasteiger partial charge >= 0.3 is 5.97 Å². The lowest BCUT2D eigenvalue weighted by molar-refractivity contribution is -0.152. The van der Waals surface area contributed by atoms with Crippen LogP contribution in [0.2, 0.25) is 0 Å². The second-order valence-electron chi connectivity index (χ2n) is 8.36. The topological polar surface area (TPSA) is 102 Å². The molecule has 2 aromatic rings. The van der Waals surface area contributed by atoms with Crippen molar-refractivity contribution >= 4 is 29.4 Å². The van der Waals surface area contributed by atoms with Crippen LogP contribution in [0.4, 0.5) is 27.6 Å². The average Bonchev–Trinajstić information content (AvgIpc) is 2.88. The summed E-state index contributed by atoms with van der Waals surface area (Å²) in [6.45, 7) is -1.15. The van der Waals surface area contributed by atoms with Crippen LogP contribution < -0.4 is 10.1 Å². The van der Waals surface area contributed by atoms with E-state index < -0.39 is 59.9 Å². The van der Waals surface area contributed by atoms with E-state index >= 15 is 0 Å². The molecule has 3 rings (SSSR count). The summed E-state index contributed by atoms with van der Waals surface area (Å²) >= 11 is 0. The normalized spacial score (nSPS) is 12.8. The Morgan fingerprint density at radius 2 is 1.47 bits per heavy atom. The van der Waals surface area contributed by atoms with E-state index in [9.17, 15) is 41.1 Å². The number of rotatable bonds is 12. The summed E-state index contributed by atoms with van der Waals surface area (Å²) in [5.41, 5.74) is 1.43. The number of carbonyl (C=O) groups excluding carboxylic acids is 4. The molecule has 0 radical (unpaired) electrons. The molecule has 1 saturated heterocycles. The molecule has 1 heterocycles. The van der Waals surface area contributed by atoms with Gasteiger partial charge in [-0.2, -0.15) is 8.78 Å². The van der Waals surface area contributed by atoms with Crippen molar-refractivity contribution in [2.75, 3.05) is 25.1 Å². The molecule has 1 aliphatic heterocycles. The van der Waals surface area contributed by atoms with Gasteiger partial charge < -0.3 is 14.8 Å². The van der Waals surface area contributed by atoms with Crippen LogP contribution >= 0.6 is 0 Å². The van der Waals surface area contributed by atoms with Gasteiger partial charge in [0.2, 0.25) is 52.6 Å². The quantitative estimate of drug-likeness (QED) is 0.0833. The first-order valence-electron chi connectivity index (χ1n) is 11.6. The zero-order chi connectivity index (χ0) is 27.8. The van der Waals surface area contributed by atoms with Crippen LogP contribution in [0.3, 0.4) is 0 Å². The number of hydrogen-bond donors (Lipinski definition) is 1. The van der Waals surface area contributed by atoms with E-state index in [1.807, 2.05) is 0 Å². The number of β-lactam (4-membered cyclic amide) rings is 1. The number of anilines is 1. The highest BCUT2D eigenvalue weighted by Gasteiger charge is 2.29. The largest absolute Gasteiger partial charge is 0.418 e. The predicted molar refractivity (Wildman–Crippen MR) is 121 cm³/mol. The lowest BCUT2D eigenvalue weighted by atomic mass is 10.0. The highest BCUT2D eigenvalue weighted by Crippen LogP contribution is 2.29. The van der Waals surface area contributed by atoms with Gasteiger partial charge in [-0.1, -0.05) is 18.6 Å². The van der Waals surface area contributed by atoms with E-state index in [1.54, 1.807) is 24.3 Å². The number of carbonyl (C=O) groups is 4. The monoisotopic (exact) mass is 542 g/mol. The number of imide groups is 1. The van der Waals surface area contributed by atoms with Gasteiger partial charge in [0.1, 0.15) is 13.2 Å². The van der Waals surface area contributed by atoms with Crippen molar-refractivity contribution in [1.82, 2.24) is 4.90 Å². The lowest BCUT2D eigenvalue weighted by Crippen LogP contribution is -2.47. The van der Waals surface area contributed by atoms with Crippen molar-refractivity contribution in [3.63, 3.8) is 0 Å². The Labute approximate surface area is 213 Å². The highest BCUT2D eigenvalue weighted by atomic mass is 19.2. The van der Waals surface area contributed by atoms with Crippen molar-refractivity contribution in [2.24, 2.45) is 0 Å². The van der Waals surface area contributed by atoms with Crippen LogP contribution in [0.1, 0.15) is 37.7 Å². The van der Waals surface area contributed by atoms with Crippen LogP contribution in [0.25, 0.3) is 0 Å². The van der Waals surface area contributed by atoms with Crippen LogP contribution in [0, 0.1) is 29.1 Å². The maximum Gasteiger partial charge on any atom is 0.337 e. The Bertz CT molecular complexity index is 1190. The second-order valence-corrected chi connectivity index (χ2v) is 8.36. The maximum atomic E-state index is 13.5. The Balaban J connectivity index is 1.33. The van der Waals surface area contributed by atoms with E-state index in [-0.39, 0.29) is 11.8 Å². The van der Waals surface area contributed by atoms with Crippen molar-refractivity contribution in [1.29, 1.82) is 0 Å². The molecular weight excluding hydrogens is 519 g/mol. The Morgan fingerprint density at radius 1 is 0.842 bits per heavy atom. The molecule has 3 amide bonds. The Hall–Kier alpha value is -3.87. The molecule has 0 spiro atoms. The third-order valence-electron chi connectivity index (χ3n) is 5.58.